The monoisotopic (exact) mass is 367 g/mol. The van der Waals surface area contributed by atoms with Crippen LogP contribution in [0, 0.1) is 5.82 Å². The lowest BCUT2D eigenvalue weighted by Crippen LogP contribution is -2.38. The number of pyridine rings is 1. The van der Waals surface area contributed by atoms with E-state index in [9.17, 15) is 4.39 Å². The first-order valence-electron chi connectivity index (χ1n) is 8.66. The number of aromatic nitrogens is 2. The Morgan fingerprint density at radius 2 is 2.04 bits per heavy atom. The van der Waals surface area contributed by atoms with Crippen LogP contribution in [0.1, 0.15) is 5.56 Å². The van der Waals surface area contributed by atoms with E-state index in [2.05, 4.69) is 25.2 Å². The van der Waals surface area contributed by atoms with Crippen LogP contribution >= 0.6 is 0 Å². The Kier molecular flexibility index (Phi) is 6.40. The van der Waals surface area contributed by atoms with E-state index >= 15 is 0 Å². The molecule has 0 unspecified atom stereocenters. The van der Waals surface area contributed by atoms with E-state index in [-0.39, 0.29) is 5.75 Å². The van der Waals surface area contributed by atoms with Gasteiger partial charge in [0.15, 0.2) is 17.5 Å². The number of aliphatic imine (C=N–C) groups is 1. The predicted octanol–water partition coefficient (Wildman–Crippen LogP) is 3.18. The number of rotatable bonds is 7. The maximum Gasteiger partial charge on any atom is 0.191 e. The summed E-state index contributed by atoms with van der Waals surface area (Å²) < 4.78 is 21.9. The first kappa shape index (κ1) is 18.4. The molecule has 0 saturated carbocycles. The Morgan fingerprint density at radius 3 is 2.74 bits per heavy atom. The van der Waals surface area contributed by atoms with Crippen molar-refractivity contribution in [2.45, 2.75) is 13.1 Å². The maximum absolute atomic E-state index is 14.3. The van der Waals surface area contributed by atoms with Crippen molar-refractivity contribution >= 4 is 5.96 Å². The molecular formula is C20H22FN5O. The third kappa shape index (κ3) is 5.57. The van der Waals surface area contributed by atoms with Gasteiger partial charge >= 0.3 is 0 Å². The van der Waals surface area contributed by atoms with Crippen molar-refractivity contribution in [3.63, 3.8) is 0 Å². The second-order valence-electron chi connectivity index (χ2n) is 5.83. The van der Waals surface area contributed by atoms with Crippen LogP contribution in [0.4, 0.5) is 4.39 Å². The first-order chi connectivity index (χ1) is 13.2. The average molecular weight is 367 g/mol. The van der Waals surface area contributed by atoms with E-state index < -0.39 is 5.82 Å². The molecule has 0 aliphatic heterocycles. The van der Waals surface area contributed by atoms with Gasteiger partial charge in [-0.3, -0.25) is 9.98 Å². The summed E-state index contributed by atoms with van der Waals surface area (Å²) in [5.41, 5.74) is 0.791. The number of benzene rings is 1. The number of guanidine groups is 1. The SMILES string of the molecule is CN=C(NCCn1cccc1)NCc1ccc(Oc2cccnc2)c(F)c1. The molecule has 3 rings (SSSR count). The highest BCUT2D eigenvalue weighted by Crippen LogP contribution is 2.24. The normalized spacial score (nSPS) is 11.3. The number of hydrogen-bond acceptors (Lipinski definition) is 3. The summed E-state index contributed by atoms with van der Waals surface area (Å²) in [6, 6.07) is 12.3. The number of nitrogens with zero attached hydrogens (tertiary/aromatic N) is 3. The Morgan fingerprint density at radius 1 is 1.19 bits per heavy atom. The van der Waals surface area contributed by atoms with Gasteiger partial charge in [-0.25, -0.2) is 4.39 Å². The lowest BCUT2D eigenvalue weighted by molar-refractivity contribution is 0.440. The van der Waals surface area contributed by atoms with Crippen LogP contribution in [0.5, 0.6) is 11.5 Å². The lowest BCUT2D eigenvalue weighted by atomic mass is 10.2. The van der Waals surface area contributed by atoms with E-state index in [1.54, 1.807) is 31.4 Å². The number of ether oxygens (including phenoxy) is 1. The van der Waals surface area contributed by atoms with Gasteiger partial charge in [0, 0.05) is 45.3 Å². The van der Waals surface area contributed by atoms with Crippen LogP contribution in [-0.4, -0.2) is 29.1 Å². The minimum atomic E-state index is -0.422. The smallest absolute Gasteiger partial charge is 0.191 e. The maximum atomic E-state index is 14.3. The van der Waals surface area contributed by atoms with Gasteiger partial charge < -0.3 is 19.9 Å². The summed E-state index contributed by atoms with van der Waals surface area (Å²) in [7, 11) is 1.70. The Hall–Kier alpha value is -3.35. The largest absolute Gasteiger partial charge is 0.453 e. The number of hydrogen-bond donors (Lipinski definition) is 2. The molecule has 140 valence electrons. The van der Waals surface area contributed by atoms with Crippen LogP contribution in [0.25, 0.3) is 0 Å². The molecule has 7 heteroatoms. The third-order valence-corrected chi connectivity index (χ3v) is 3.87. The fraction of sp³-hybridized carbons (Fsp3) is 0.200. The van der Waals surface area contributed by atoms with Gasteiger partial charge in [-0.1, -0.05) is 6.07 Å². The summed E-state index contributed by atoms with van der Waals surface area (Å²) in [4.78, 5) is 8.13. The molecule has 0 saturated heterocycles. The van der Waals surface area contributed by atoms with Gasteiger partial charge in [-0.15, -0.1) is 0 Å². The van der Waals surface area contributed by atoms with Crippen molar-refractivity contribution < 1.29 is 9.13 Å². The van der Waals surface area contributed by atoms with Crippen LogP contribution in [0.15, 0.2) is 72.2 Å². The van der Waals surface area contributed by atoms with Crippen molar-refractivity contribution in [3.8, 4) is 11.5 Å². The molecule has 0 aliphatic rings. The molecule has 6 nitrogen and oxygen atoms in total. The predicted molar refractivity (Wildman–Crippen MR) is 103 cm³/mol. The average Bonchev–Trinajstić information content (AvgIpc) is 3.21. The zero-order valence-electron chi connectivity index (χ0n) is 15.1. The van der Waals surface area contributed by atoms with Crippen molar-refractivity contribution in [1.82, 2.24) is 20.2 Å². The van der Waals surface area contributed by atoms with Crippen LogP contribution in [0.2, 0.25) is 0 Å². The van der Waals surface area contributed by atoms with E-state index in [0.717, 1.165) is 18.7 Å². The fourth-order valence-electron chi connectivity index (χ4n) is 2.50. The summed E-state index contributed by atoms with van der Waals surface area (Å²) in [6.07, 6.45) is 7.20. The molecule has 0 spiro atoms. The highest BCUT2D eigenvalue weighted by atomic mass is 19.1. The van der Waals surface area contributed by atoms with Gasteiger partial charge in [-0.2, -0.15) is 0 Å². The van der Waals surface area contributed by atoms with Gasteiger partial charge in [0.05, 0.1) is 6.20 Å². The van der Waals surface area contributed by atoms with Crippen molar-refractivity contribution in [1.29, 1.82) is 0 Å². The molecule has 3 aromatic rings. The van der Waals surface area contributed by atoms with Crippen LogP contribution in [-0.2, 0) is 13.1 Å². The number of nitrogens with one attached hydrogen (secondary N) is 2. The molecule has 0 atom stereocenters. The second kappa shape index (κ2) is 9.38. The molecule has 0 amide bonds. The fourth-order valence-corrected chi connectivity index (χ4v) is 2.50. The highest BCUT2D eigenvalue weighted by Gasteiger charge is 2.07. The first-order valence-corrected chi connectivity index (χ1v) is 8.66. The molecule has 27 heavy (non-hydrogen) atoms. The van der Waals surface area contributed by atoms with Gasteiger partial charge in [0.1, 0.15) is 5.75 Å². The number of halogens is 1. The Labute approximate surface area is 157 Å². The third-order valence-electron chi connectivity index (χ3n) is 3.87. The van der Waals surface area contributed by atoms with Crippen molar-refractivity contribution in [3.05, 3.63) is 78.6 Å². The summed E-state index contributed by atoms with van der Waals surface area (Å²) >= 11 is 0. The molecule has 2 N–H and O–H groups in total. The van der Waals surface area contributed by atoms with Gasteiger partial charge in [-0.05, 0) is 42.0 Å². The molecule has 2 heterocycles. The standard InChI is InChI=1S/C20H22FN5O/c1-22-20(24-9-12-26-10-2-3-11-26)25-14-16-6-7-19(18(21)13-16)27-17-5-4-8-23-15-17/h2-8,10-11,13,15H,9,12,14H2,1H3,(H2,22,24,25). The quantitative estimate of drug-likeness (QED) is 0.497. The second-order valence-corrected chi connectivity index (χ2v) is 5.83. The topological polar surface area (TPSA) is 63.5 Å². The van der Waals surface area contributed by atoms with E-state index in [0.29, 0.717) is 18.3 Å². The van der Waals surface area contributed by atoms with Gasteiger partial charge in [0.25, 0.3) is 0 Å². The van der Waals surface area contributed by atoms with Crippen molar-refractivity contribution in [2.24, 2.45) is 4.99 Å². The van der Waals surface area contributed by atoms with Crippen LogP contribution in [0.3, 0.4) is 0 Å². The van der Waals surface area contributed by atoms with E-state index in [1.165, 1.54) is 12.3 Å². The summed E-state index contributed by atoms with van der Waals surface area (Å²) in [5.74, 6) is 0.905. The summed E-state index contributed by atoms with van der Waals surface area (Å²) in [6.45, 7) is 2.02. The molecule has 1 aromatic carbocycles. The molecule has 0 fully saturated rings. The van der Waals surface area contributed by atoms with E-state index in [1.807, 2.05) is 30.6 Å². The zero-order valence-corrected chi connectivity index (χ0v) is 15.1. The van der Waals surface area contributed by atoms with Crippen LogP contribution < -0.4 is 15.4 Å². The minimum Gasteiger partial charge on any atom is -0.453 e. The highest BCUT2D eigenvalue weighted by molar-refractivity contribution is 5.79. The van der Waals surface area contributed by atoms with Gasteiger partial charge in [0.2, 0.25) is 0 Å². The van der Waals surface area contributed by atoms with Crippen molar-refractivity contribution in [2.75, 3.05) is 13.6 Å². The lowest BCUT2D eigenvalue weighted by Gasteiger charge is -2.13. The molecule has 0 bridgehead atoms. The molecule has 2 aromatic heterocycles. The summed E-state index contributed by atoms with van der Waals surface area (Å²) in [5, 5.41) is 6.40. The Bertz CT molecular complexity index is 865. The zero-order chi connectivity index (χ0) is 18.9. The molecule has 0 radical (unpaired) electrons. The Balaban J connectivity index is 1.50. The minimum absolute atomic E-state index is 0.168. The van der Waals surface area contributed by atoms with E-state index in [4.69, 9.17) is 4.74 Å². The molecular weight excluding hydrogens is 345 g/mol. The molecule has 0 aliphatic carbocycles.